The standard InChI is InChI=1S/C36H60N8O/c1-42(2,3)24-10-21-38-29-13-15-30(16-14-29)39-34-28-35(36(45)27-33(34)37)40-31-17-19-32(20-18-31)41(22-11-25-43(4,5)6)23-12-26-44(7,8)9/h13-20,27-28,38-40H,10-12,21-26,37H2,1-9H3/q+2/p+1. The summed E-state index contributed by atoms with van der Waals surface area (Å²) in [7, 11) is 20.1. The first-order valence-corrected chi connectivity index (χ1v) is 16.2. The van der Waals surface area contributed by atoms with Crippen molar-refractivity contribution in [2.75, 3.05) is 129 Å². The van der Waals surface area contributed by atoms with Gasteiger partial charge in [-0.05, 0) is 54.6 Å². The maximum atomic E-state index is 10.7. The van der Waals surface area contributed by atoms with Crippen LogP contribution >= 0.6 is 0 Å². The van der Waals surface area contributed by atoms with Gasteiger partial charge < -0.3 is 45.1 Å². The molecule has 0 aromatic heterocycles. The van der Waals surface area contributed by atoms with Gasteiger partial charge in [0.05, 0.1) is 100 Å². The molecule has 0 heterocycles. The second-order valence-electron chi connectivity index (χ2n) is 15.3. The third-order valence-corrected chi connectivity index (χ3v) is 7.69. The van der Waals surface area contributed by atoms with Gasteiger partial charge in [-0.3, -0.25) is 0 Å². The molecule has 0 aliphatic rings. The summed E-state index contributed by atoms with van der Waals surface area (Å²) in [5.74, 6) is 0.109. The van der Waals surface area contributed by atoms with Gasteiger partial charge in [0.25, 0.3) is 0 Å². The lowest BCUT2D eigenvalue weighted by molar-refractivity contribution is -0.870. The van der Waals surface area contributed by atoms with Crippen molar-refractivity contribution in [1.29, 1.82) is 0 Å². The Balaban J connectivity index is 1.65. The van der Waals surface area contributed by atoms with Gasteiger partial charge in [0.1, 0.15) is 5.75 Å². The molecule has 6 N–H and O–H groups in total. The van der Waals surface area contributed by atoms with Crippen molar-refractivity contribution in [1.82, 2.24) is 0 Å². The lowest BCUT2D eigenvalue weighted by atomic mass is 10.2. The average Bonchev–Trinajstić information content (AvgIpc) is 2.92. The molecule has 0 amide bonds. The van der Waals surface area contributed by atoms with E-state index in [9.17, 15) is 5.11 Å². The molecule has 45 heavy (non-hydrogen) atoms. The number of benzene rings is 3. The van der Waals surface area contributed by atoms with Gasteiger partial charge in [0.15, 0.2) is 0 Å². The fourth-order valence-corrected chi connectivity index (χ4v) is 5.18. The van der Waals surface area contributed by atoms with Gasteiger partial charge in [-0.1, -0.05) is 0 Å². The number of nitrogen functional groups attached to an aromatic ring is 1. The Hall–Kier alpha value is -3.66. The molecular weight excluding hydrogens is 560 g/mol. The van der Waals surface area contributed by atoms with Crippen LogP contribution in [-0.2, 0) is 0 Å². The number of quaternary nitrogens is 3. The number of nitrogens with zero attached hydrogens (tertiary/aromatic N) is 4. The van der Waals surface area contributed by atoms with E-state index in [0.717, 1.165) is 94.7 Å². The average molecular weight is 622 g/mol. The molecule has 0 atom stereocenters. The molecular formula is C36H61N8O+3. The van der Waals surface area contributed by atoms with Crippen LogP contribution in [0.2, 0.25) is 0 Å². The van der Waals surface area contributed by atoms with Crippen LogP contribution in [0.5, 0.6) is 5.75 Å². The van der Waals surface area contributed by atoms with Crippen LogP contribution in [0, 0.1) is 0 Å². The summed E-state index contributed by atoms with van der Waals surface area (Å²) in [6.45, 7) is 6.39. The molecule has 0 saturated heterocycles. The molecule has 9 nitrogen and oxygen atoms in total. The lowest BCUT2D eigenvalue weighted by Crippen LogP contribution is -2.39. The summed E-state index contributed by atoms with van der Waals surface area (Å²) in [6.07, 6.45) is 3.39. The molecule has 3 rings (SSSR count). The molecule has 0 radical (unpaired) electrons. The van der Waals surface area contributed by atoms with Crippen LogP contribution in [-0.4, -0.2) is 121 Å². The summed E-state index contributed by atoms with van der Waals surface area (Å²) in [5, 5.41) is 21.0. The minimum Gasteiger partial charge on any atom is -0.506 e. The van der Waals surface area contributed by atoms with E-state index in [1.807, 2.05) is 18.2 Å². The minimum absolute atomic E-state index is 0.109. The number of rotatable bonds is 18. The number of aromatic hydroxyl groups is 1. The third kappa shape index (κ3) is 13.5. The monoisotopic (exact) mass is 621 g/mol. The first-order valence-electron chi connectivity index (χ1n) is 16.2. The van der Waals surface area contributed by atoms with Crippen molar-refractivity contribution in [3.8, 4) is 5.75 Å². The molecule has 0 spiro atoms. The SMILES string of the molecule is C[N+](C)(C)CCCNc1ccc(Nc2cc(Nc3ccc(N(CCC[N+](C)(C)C)CCC[N+](C)(C)C)cc3)c(O)cc2N)cc1. The largest absolute Gasteiger partial charge is 0.506 e. The highest BCUT2D eigenvalue weighted by Gasteiger charge is 2.14. The summed E-state index contributed by atoms with van der Waals surface area (Å²) in [4.78, 5) is 2.50. The van der Waals surface area contributed by atoms with Gasteiger partial charge in [0, 0.05) is 67.7 Å². The van der Waals surface area contributed by atoms with E-state index in [1.165, 1.54) is 5.69 Å². The van der Waals surface area contributed by atoms with E-state index in [0.29, 0.717) is 11.4 Å². The highest BCUT2D eigenvalue weighted by Crippen LogP contribution is 2.36. The zero-order chi connectivity index (χ0) is 33.3. The van der Waals surface area contributed by atoms with E-state index < -0.39 is 0 Å². The van der Waals surface area contributed by atoms with Crippen LogP contribution in [0.3, 0.4) is 0 Å². The van der Waals surface area contributed by atoms with E-state index in [4.69, 9.17) is 5.73 Å². The Morgan fingerprint density at radius 1 is 0.600 bits per heavy atom. The maximum absolute atomic E-state index is 10.7. The van der Waals surface area contributed by atoms with E-state index in [-0.39, 0.29) is 5.75 Å². The molecule has 0 bridgehead atoms. The Kier molecular flexibility index (Phi) is 12.4. The summed E-state index contributed by atoms with van der Waals surface area (Å²) in [5.41, 5.74) is 12.2. The third-order valence-electron chi connectivity index (χ3n) is 7.69. The molecule has 248 valence electrons. The zero-order valence-corrected chi connectivity index (χ0v) is 29.5. The summed E-state index contributed by atoms with van der Waals surface area (Å²) in [6, 6.07) is 20.2. The van der Waals surface area contributed by atoms with Crippen LogP contribution in [0.4, 0.5) is 39.8 Å². The van der Waals surface area contributed by atoms with Crippen molar-refractivity contribution in [3.05, 3.63) is 60.7 Å². The molecule has 0 saturated carbocycles. The highest BCUT2D eigenvalue weighted by atomic mass is 16.3. The van der Waals surface area contributed by atoms with Crippen molar-refractivity contribution >= 4 is 39.8 Å². The smallest absolute Gasteiger partial charge is 0.141 e. The molecule has 0 aliphatic heterocycles. The Labute approximate surface area is 273 Å². The molecule has 0 unspecified atom stereocenters. The molecule has 0 aliphatic carbocycles. The second kappa shape index (κ2) is 15.6. The predicted molar refractivity (Wildman–Crippen MR) is 195 cm³/mol. The lowest BCUT2D eigenvalue weighted by Gasteiger charge is -2.30. The van der Waals surface area contributed by atoms with E-state index in [1.54, 1.807) is 6.07 Å². The Bertz CT molecular complexity index is 1300. The molecule has 0 fully saturated rings. The van der Waals surface area contributed by atoms with Gasteiger partial charge >= 0.3 is 0 Å². The fourth-order valence-electron chi connectivity index (χ4n) is 5.18. The van der Waals surface area contributed by atoms with Crippen LogP contribution < -0.4 is 26.6 Å². The number of phenolic OH excluding ortho intramolecular Hbond substituents is 1. The van der Waals surface area contributed by atoms with Gasteiger partial charge in [-0.2, -0.15) is 0 Å². The highest BCUT2D eigenvalue weighted by molar-refractivity contribution is 5.82. The number of anilines is 7. The summed E-state index contributed by atoms with van der Waals surface area (Å²) >= 11 is 0. The zero-order valence-electron chi connectivity index (χ0n) is 29.5. The van der Waals surface area contributed by atoms with Crippen molar-refractivity contribution in [2.45, 2.75) is 19.3 Å². The number of hydrogen-bond acceptors (Lipinski definition) is 6. The van der Waals surface area contributed by atoms with Crippen LogP contribution in [0.15, 0.2) is 60.7 Å². The molecule has 3 aromatic rings. The Morgan fingerprint density at radius 3 is 1.56 bits per heavy atom. The topological polar surface area (TPSA) is 85.6 Å². The van der Waals surface area contributed by atoms with Crippen LogP contribution in [0.25, 0.3) is 0 Å². The predicted octanol–water partition coefficient (Wildman–Crippen LogP) is 5.97. The molecule has 9 heteroatoms. The van der Waals surface area contributed by atoms with Crippen molar-refractivity contribution in [3.63, 3.8) is 0 Å². The number of nitrogens with two attached hydrogens (primary N) is 1. The molecule has 3 aromatic carbocycles. The van der Waals surface area contributed by atoms with Gasteiger partial charge in [-0.15, -0.1) is 0 Å². The first-order chi connectivity index (χ1) is 21.0. The minimum atomic E-state index is 0.109. The fraction of sp³-hybridized carbons (Fsp3) is 0.500. The maximum Gasteiger partial charge on any atom is 0.141 e. The normalized spacial score (nSPS) is 12.2. The van der Waals surface area contributed by atoms with Crippen LogP contribution in [0.1, 0.15) is 19.3 Å². The van der Waals surface area contributed by atoms with Crippen molar-refractivity contribution in [2.24, 2.45) is 0 Å². The second-order valence-corrected chi connectivity index (χ2v) is 15.3. The number of phenols is 1. The summed E-state index contributed by atoms with van der Waals surface area (Å²) < 4.78 is 2.91. The van der Waals surface area contributed by atoms with Crippen molar-refractivity contribution < 1.29 is 18.6 Å². The quantitative estimate of drug-likeness (QED) is 0.0396. The Morgan fingerprint density at radius 2 is 1.04 bits per heavy atom. The number of nitrogens with one attached hydrogen (secondary N) is 3. The number of hydrogen-bond donors (Lipinski definition) is 5. The van der Waals surface area contributed by atoms with E-state index >= 15 is 0 Å². The van der Waals surface area contributed by atoms with E-state index in [2.05, 4.69) is 121 Å². The van der Waals surface area contributed by atoms with Gasteiger partial charge in [0.2, 0.25) is 0 Å². The first kappa shape index (κ1) is 35.8. The van der Waals surface area contributed by atoms with Gasteiger partial charge in [-0.25, -0.2) is 0 Å².